The summed E-state index contributed by atoms with van der Waals surface area (Å²) in [6.07, 6.45) is -0.00478. The van der Waals surface area contributed by atoms with Crippen molar-refractivity contribution < 1.29 is 18.8 Å². The van der Waals surface area contributed by atoms with Gasteiger partial charge in [0.15, 0.2) is 5.78 Å². The molecule has 0 aliphatic rings. The van der Waals surface area contributed by atoms with E-state index in [1.807, 2.05) is 32.9 Å². The molecule has 0 heterocycles. The van der Waals surface area contributed by atoms with E-state index in [4.69, 9.17) is 0 Å². The number of hydrogen-bond acceptors (Lipinski definition) is 3. The maximum absolute atomic E-state index is 12.9. The average molecular weight is 384 g/mol. The molecule has 0 spiro atoms. The van der Waals surface area contributed by atoms with Crippen LogP contribution in [0.2, 0.25) is 0 Å². The SMILES string of the molecule is Cc1cc(C)c(NC(=O)CN(C)C(=O)CCC(=O)c2ccc(F)cc2)c(C)c1. The molecule has 2 rings (SSSR count). The van der Waals surface area contributed by atoms with Crippen molar-refractivity contribution in [3.8, 4) is 0 Å². The molecular weight excluding hydrogens is 359 g/mol. The number of Topliss-reactive ketones (excluding diaryl/α,β-unsaturated/α-hetero) is 1. The summed E-state index contributed by atoms with van der Waals surface area (Å²) in [5.74, 6) is -1.26. The number of benzene rings is 2. The van der Waals surface area contributed by atoms with E-state index in [0.717, 1.165) is 22.4 Å². The van der Waals surface area contributed by atoms with Gasteiger partial charge >= 0.3 is 0 Å². The van der Waals surface area contributed by atoms with Gasteiger partial charge in [0.25, 0.3) is 0 Å². The first-order valence-corrected chi connectivity index (χ1v) is 9.08. The van der Waals surface area contributed by atoms with Crippen LogP contribution in [0.4, 0.5) is 10.1 Å². The molecule has 148 valence electrons. The van der Waals surface area contributed by atoms with Crippen LogP contribution in [0, 0.1) is 26.6 Å². The highest BCUT2D eigenvalue weighted by Gasteiger charge is 2.16. The third-order valence-electron chi connectivity index (χ3n) is 4.48. The monoisotopic (exact) mass is 384 g/mol. The summed E-state index contributed by atoms with van der Waals surface area (Å²) in [6.45, 7) is 5.73. The van der Waals surface area contributed by atoms with Gasteiger partial charge in [0, 0.05) is 31.1 Å². The molecule has 6 heteroatoms. The molecule has 0 bridgehead atoms. The smallest absolute Gasteiger partial charge is 0.243 e. The highest BCUT2D eigenvalue weighted by atomic mass is 19.1. The Kier molecular flexibility index (Phi) is 7.04. The number of rotatable bonds is 7. The van der Waals surface area contributed by atoms with E-state index in [1.54, 1.807) is 0 Å². The van der Waals surface area contributed by atoms with Crippen LogP contribution in [0.15, 0.2) is 36.4 Å². The second kappa shape index (κ2) is 9.26. The van der Waals surface area contributed by atoms with E-state index in [2.05, 4.69) is 5.32 Å². The van der Waals surface area contributed by atoms with E-state index in [9.17, 15) is 18.8 Å². The first-order valence-electron chi connectivity index (χ1n) is 9.08. The predicted octanol–water partition coefficient (Wildman–Crippen LogP) is 3.81. The third-order valence-corrected chi connectivity index (χ3v) is 4.48. The highest BCUT2D eigenvalue weighted by Crippen LogP contribution is 2.21. The van der Waals surface area contributed by atoms with Crippen molar-refractivity contribution in [1.29, 1.82) is 0 Å². The van der Waals surface area contributed by atoms with Crippen molar-refractivity contribution >= 4 is 23.3 Å². The standard InChI is InChI=1S/C22H25FN2O3/c1-14-11-15(2)22(16(3)12-14)24-20(27)13-25(4)21(28)10-9-19(26)17-5-7-18(23)8-6-17/h5-8,11-12H,9-10,13H2,1-4H3,(H,24,27). The number of anilines is 1. The number of nitrogens with zero attached hydrogens (tertiary/aromatic N) is 1. The van der Waals surface area contributed by atoms with E-state index < -0.39 is 5.82 Å². The summed E-state index contributed by atoms with van der Waals surface area (Å²) < 4.78 is 12.9. The summed E-state index contributed by atoms with van der Waals surface area (Å²) in [5, 5.41) is 2.85. The zero-order chi connectivity index (χ0) is 20.8. The van der Waals surface area contributed by atoms with Crippen molar-refractivity contribution in [3.63, 3.8) is 0 Å². The van der Waals surface area contributed by atoms with E-state index >= 15 is 0 Å². The molecule has 2 amide bonds. The summed E-state index contributed by atoms with van der Waals surface area (Å²) >= 11 is 0. The molecule has 1 N–H and O–H groups in total. The molecule has 0 aliphatic heterocycles. The Morgan fingerprint density at radius 1 is 0.964 bits per heavy atom. The fourth-order valence-corrected chi connectivity index (χ4v) is 3.05. The van der Waals surface area contributed by atoms with Gasteiger partial charge in [0.2, 0.25) is 11.8 Å². The van der Waals surface area contributed by atoms with Gasteiger partial charge in [-0.1, -0.05) is 17.7 Å². The van der Waals surface area contributed by atoms with Crippen molar-refractivity contribution in [2.45, 2.75) is 33.6 Å². The molecule has 0 unspecified atom stereocenters. The third kappa shape index (κ3) is 5.74. The van der Waals surface area contributed by atoms with Gasteiger partial charge < -0.3 is 10.2 Å². The van der Waals surface area contributed by atoms with E-state index in [0.29, 0.717) is 5.56 Å². The summed E-state index contributed by atoms with van der Waals surface area (Å²) in [4.78, 5) is 37.9. The molecule has 0 radical (unpaired) electrons. The lowest BCUT2D eigenvalue weighted by atomic mass is 10.1. The van der Waals surface area contributed by atoms with Crippen LogP contribution < -0.4 is 5.32 Å². The van der Waals surface area contributed by atoms with Gasteiger partial charge in [-0.15, -0.1) is 0 Å². The molecule has 0 saturated carbocycles. The molecule has 2 aromatic rings. The van der Waals surface area contributed by atoms with E-state index in [-0.39, 0.29) is 37.0 Å². The van der Waals surface area contributed by atoms with Crippen LogP contribution in [0.5, 0.6) is 0 Å². The Morgan fingerprint density at radius 3 is 2.11 bits per heavy atom. The van der Waals surface area contributed by atoms with Crippen molar-refractivity contribution in [1.82, 2.24) is 4.90 Å². The molecule has 0 fully saturated rings. The number of likely N-dealkylation sites (N-methyl/N-ethyl adjacent to an activating group) is 1. The zero-order valence-electron chi connectivity index (χ0n) is 16.6. The number of halogens is 1. The molecular formula is C22H25FN2O3. The minimum absolute atomic E-state index is 0.00655. The van der Waals surface area contributed by atoms with Crippen LogP contribution >= 0.6 is 0 Å². The van der Waals surface area contributed by atoms with Crippen LogP contribution in [0.1, 0.15) is 39.9 Å². The Balaban J connectivity index is 1.87. The summed E-state index contributed by atoms with van der Waals surface area (Å²) in [7, 11) is 1.53. The van der Waals surface area contributed by atoms with Crippen LogP contribution in [0.25, 0.3) is 0 Å². The Morgan fingerprint density at radius 2 is 1.54 bits per heavy atom. The fourth-order valence-electron chi connectivity index (χ4n) is 3.05. The first-order chi connectivity index (χ1) is 13.2. The topological polar surface area (TPSA) is 66.5 Å². The fraction of sp³-hybridized carbons (Fsp3) is 0.318. The minimum atomic E-state index is -0.419. The Labute approximate surface area is 164 Å². The zero-order valence-corrected chi connectivity index (χ0v) is 16.6. The Hall–Kier alpha value is -3.02. The molecule has 0 saturated heterocycles. The second-order valence-corrected chi connectivity index (χ2v) is 7.00. The van der Waals surface area contributed by atoms with Crippen molar-refractivity contribution in [2.24, 2.45) is 0 Å². The average Bonchev–Trinajstić information content (AvgIpc) is 2.62. The number of carbonyl (C=O) groups excluding carboxylic acids is 3. The van der Waals surface area contributed by atoms with Crippen LogP contribution in [-0.4, -0.2) is 36.1 Å². The van der Waals surface area contributed by atoms with Gasteiger partial charge in [0.05, 0.1) is 6.54 Å². The number of hydrogen-bond donors (Lipinski definition) is 1. The lowest BCUT2D eigenvalue weighted by Crippen LogP contribution is -2.35. The maximum Gasteiger partial charge on any atom is 0.243 e. The number of amides is 2. The number of nitrogens with one attached hydrogen (secondary N) is 1. The van der Waals surface area contributed by atoms with Gasteiger partial charge in [-0.05, 0) is 56.2 Å². The van der Waals surface area contributed by atoms with Gasteiger partial charge in [0.1, 0.15) is 5.82 Å². The quantitative estimate of drug-likeness (QED) is 0.738. The first kappa shape index (κ1) is 21.3. The Bertz CT molecular complexity index is 868. The number of ketones is 1. The lowest BCUT2D eigenvalue weighted by Gasteiger charge is -2.18. The normalized spacial score (nSPS) is 10.5. The molecule has 2 aromatic carbocycles. The molecule has 0 aliphatic carbocycles. The summed E-state index contributed by atoms with van der Waals surface area (Å²) in [5.41, 5.74) is 4.16. The number of aryl methyl sites for hydroxylation is 3. The van der Waals surface area contributed by atoms with E-state index in [1.165, 1.54) is 36.2 Å². The second-order valence-electron chi connectivity index (χ2n) is 7.00. The predicted molar refractivity (Wildman–Crippen MR) is 107 cm³/mol. The summed E-state index contributed by atoms with van der Waals surface area (Å²) in [6, 6.07) is 9.18. The molecule has 0 atom stereocenters. The minimum Gasteiger partial charge on any atom is -0.336 e. The van der Waals surface area contributed by atoms with Gasteiger partial charge in [-0.3, -0.25) is 14.4 Å². The van der Waals surface area contributed by atoms with Crippen molar-refractivity contribution in [3.05, 3.63) is 64.5 Å². The van der Waals surface area contributed by atoms with Crippen LogP contribution in [-0.2, 0) is 9.59 Å². The maximum atomic E-state index is 12.9. The van der Waals surface area contributed by atoms with Crippen molar-refractivity contribution in [2.75, 3.05) is 18.9 Å². The lowest BCUT2D eigenvalue weighted by molar-refractivity contribution is -0.133. The van der Waals surface area contributed by atoms with Crippen LogP contribution in [0.3, 0.4) is 0 Å². The molecule has 5 nitrogen and oxygen atoms in total. The largest absolute Gasteiger partial charge is 0.336 e. The molecule has 28 heavy (non-hydrogen) atoms. The number of carbonyl (C=O) groups is 3. The van der Waals surface area contributed by atoms with Gasteiger partial charge in [-0.25, -0.2) is 4.39 Å². The molecule has 0 aromatic heterocycles. The van der Waals surface area contributed by atoms with Gasteiger partial charge in [-0.2, -0.15) is 0 Å². The highest BCUT2D eigenvalue weighted by molar-refractivity contribution is 5.99.